The zero-order chi connectivity index (χ0) is 15.8. The van der Waals surface area contributed by atoms with Gasteiger partial charge in [0.1, 0.15) is 0 Å². The van der Waals surface area contributed by atoms with E-state index < -0.39 is 5.79 Å². The summed E-state index contributed by atoms with van der Waals surface area (Å²) in [5.41, 5.74) is 0.326. The van der Waals surface area contributed by atoms with Crippen LogP contribution in [0.5, 0.6) is 0 Å². The third-order valence-corrected chi connectivity index (χ3v) is 9.70. The second-order valence-electron chi connectivity index (χ2n) is 9.77. The van der Waals surface area contributed by atoms with Crippen LogP contribution >= 0.6 is 0 Å². The zero-order valence-electron chi connectivity index (χ0n) is 14.5. The van der Waals surface area contributed by atoms with Gasteiger partial charge >= 0.3 is 0 Å². The second kappa shape index (κ2) is 3.37. The van der Waals surface area contributed by atoms with Crippen molar-refractivity contribution >= 4 is 0 Å². The molecule has 1 aliphatic heterocycles. The first-order valence-electron chi connectivity index (χ1n) is 9.28. The molecule has 1 spiro atoms. The van der Waals surface area contributed by atoms with Gasteiger partial charge in [-0.25, -0.2) is 0 Å². The van der Waals surface area contributed by atoms with Crippen molar-refractivity contribution < 1.29 is 9.84 Å². The summed E-state index contributed by atoms with van der Waals surface area (Å²) < 4.78 is 6.60. The third-order valence-electron chi connectivity index (χ3n) is 9.70. The van der Waals surface area contributed by atoms with E-state index in [1.165, 1.54) is 12.8 Å². The Morgan fingerprint density at radius 1 is 1.18 bits per heavy atom. The van der Waals surface area contributed by atoms with Crippen LogP contribution in [0.25, 0.3) is 0 Å². The van der Waals surface area contributed by atoms with Crippen LogP contribution < -0.4 is 0 Å². The predicted octanol–water partition coefficient (Wildman–Crippen LogP) is 4.14. The van der Waals surface area contributed by atoms with Gasteiger partial charge in [-0.15, -0.1) is 6.58 Å². The Morgan fingerprint density at radius 3 is 2.59 bits per heavy atom. The SMILES string of the molecule is C=C[C@]1(C)C[C@@H]2C34[C@@H]1[C@H](C)[C@@]31CC[C@@H](C)[C@]2(C)O[C@]4(O)CC1. The van der Waals surface area contributed by atoms with Crippen LogP contribution in [0.4, 0.5) is 0 Å². The van der Waals surface area contributed by atoms with E-state index in [4.69, 9.17) is 4.74 Å². The van der Waals surface area contributed by atoms with Crippen molar-refractivity contribution in [2.24, 2.45) is 39.9 Å². The molecule has 0 radical (unpaired) electrons. The van der Waals surface area contributed by atoms with E-state index in [-0.39, 0.29) is 16.4 Å². The molecule has 1 heterocycles. The van der Waals surface area contributed by atoms with E-state index in [2.05, 4.69) is 40.3 Å². The number of aliphatic hydroxyl groups is 1. The summed E-state index contributed by atoms with van der Waals surface area (Å²) in [4.78, 5) is 0. The molecule has 1 N–H and O–H groups in total. The van der Waals surface area contributed by atoms with E-state index in [0.717, 1.165) is 19.3 Å². The molecular formula is C20H30O2. The average molecular weight is 302 g/mol. The van der Waals surface area contributed by atoms with Crippen LogP contribution in [-0.4, -0.2) is 16.5 Å². The van der Waals surface area contributed by atoms with Gasteiger partial charge in [-0.1, -0.05) is 26.8 Å². The fourth-order valence-corrected chi connectivity index (χ4v) is 8.82. The lowest BCUT2D eigenvalue weighted by molar-refractivity contribution is -0.329. The summed E-state index contributed by atoms with van der Waals surface area (Å²) in [5, 5.41) is 11.7. The summed E-state index contributed by atoms with van der Waals surface area (Å²) in [6, 6.07) is 0. The molecular weight excluding hydrogens is 272 g/mol. The molecule has 22 heavy (non-hydrogen) atoms. The standard InChI is InChI=1S/C20H30O2/c1-6-16(4)11-14-17(5)12(2)7-8-18-9-10-19(21,22-17)20(14,18)15(16)13(18)3/h6,12-15,21H,1,7-11H2,2-5H3/t12-,13+,14+,15-,16-,17+,18+,19-,20?/m1/s1. The maximum atomic E-state index is 11.7. The number of ether oxygens (including phenoxy) is 1. The van der Waals surface area contributed by atoms with E-state index in [0.29, 0.717) is 29.1 Å². The quantitative estimate of drug-likeness (QED) is 0.738. The summed E-state index contributed by atoms with van der Waals surface area (Å²) in [6.07, 6.45) is 7.91. The number of hydrogen-bond acceptors (Lipinski definition) is 2. The minimum Gasteiger partial charge on any atom is -0.365 e. The van der Waals surface area contributed by atoms with Crippen molar-refractivity contribution in [1.82, 2.24) is 0 Å². The van der Waals surface area contributed by atoms with Crippen molar-refractivity contribution in [3.05, 3.63) is 12.7 Å². The van der Waals surface area contributed by atoms with Crippen LogP contribution in [0.15, 0.2) is 12.7 Å². The molecule has 9 atom stereocenters. The average Bonchev–Trinajstić information content (AvgIpc) is 2.93. The Morgan fingerprint density at radius 2 is 1.91 bits per heavy atom. The monoisotopic (exact) mass is 302 g/mol. The molecule has 2 bridgehead atoms. The maximum Gasteiger partial charge on any atom is 0.173 e. The van der Waals surface area contributed by atoms with E-state index in [9.17, 15) is 5.11 Å². The maximum absolute atomic E-state index is 11.7. The van der Waals surface area contributed by atoms with E-state index >= 15 is 0 Å². The molecule has 0 aromatic heterocycles. The molecule has 5 aliphatic rings. The highest BCUT2D eigenvalue weighted by Gasteiger charge is 2.93. The zero-order valence-corrected chi connectivity index (χ0v) is 14.5. The molecule has 1 saturated heterocycles. The lowest BCUT2D eigenvalue weighted by Crippen LogP contribution is -2.69. The van der Waals surface area contributed by atoms with Gasteiger partial charge < -0.3 is 9.84 Å². The Balaban J connectivity index is 1.83. The second-order valence-corrected chi connectivity index (χ2v) is 9.77. The highest BCUT2D eigenvalue weighted by atomic mass is 16.7. The fourth-order valence-electron chi connectivity index (χ4n) is 8.82. The normalized spacial score (nSPS) is 71.0. The van der Waals surface area contributed by atoms with Gasteiger partial charge in [-0.3, -0.25) is 0 Å². The molecule has 4 saturated carbocycles. The van der Waals surface area contributed by atoms with Crippen molar-refractivity contribution in [2.75, 3.05) is 0 Å². The molecule has 2 heteroatoms. The lowest BCUT2D eigenvalue weighted by atomic mass is 9.35. The van der Waals surface area contributed by atoms with Crippen molar-refractivity contribution in [3.63, 3.8) is 0 Å². The Hall–Kier alpha value is -0.340. The first kappa shape index (κ1) is 14.0. The Kier molecular flexibility index (Phi) is 2.15. The van der Waals surface area contributed by atoms with Crippen LogP contribution in [0.1, 0.15) is 59.8 Å². The van der Waals surface area contributed by atoms with Crippen molar-refractivity contribution in [2.45, 2.75) is 71.2 Å². The minimum atomic E-state index is -0.876. The number of rotatable bonds is 1. The van der Waals surface area contributed by atoms with Crippen LogP contribution in [0, 0.1) is 39.9 Å². The van der Waals surface area contributed by atoms with Gasteiger partial charge in [0.2, 0.25) is 0 Å². The number of allylic oxidation sites excluding steroid dienone is 1. The first-order chi connectivity index (χ1) is 10.2. The molecule has 4 aliphatic carbocycles. The minimum absolute atomic E-state index is 0.00185. The smallest absolute Gasteiger partial charge is 0.173 e. The highest BCUT2D eigenvalue weighted by Crippen LogP contribution is 2.92. The van der Waals surface area contributed by atoms with Crippen LogP contribution in [0.3, 0.4) is 0 Å². The van der Waals surface area contributed by atoms with Gasteiger partial charge in [0, 0.05) is 17.8 Å². The van der Waals surface area contributed by atoms with Gasteiger partial charge in [0.05, 0.1) is 5.60 Å². The molecule has 0 aromatic rings. The van der Waals surface area contributed by atoms with Gasteiger partial charge in [0.15, 0.2) is 5.79 Å². The van der Waals surface area contributed by atoms with Gasteiger partial charge in [0.25, 0.3) is 0 Å². The van der Waals surface area contributed by atoms with Crippen molar-refractivity contribution in [3.8, 4) is 0 Å². The summed E-state index contributed by atoms with van der Waals surface area (Å²) in [7, 11) is 0. The molecule has 2 nitrogen and oxygen atoms in total. The molecule has 1 unspecified atom stereocenters. The summed E-state index contributed by atoms with van der Waals surface area (Å²) in [6.45, 7) is 13.7. The third kappa shape index (κ3) is 0.955. The molecule has 122 valence electrons. The first-order valence-corrected chi connectivity index (χ1v) is 9.28. The molecule has 5 rings (SSSR count). The van der Waals surface area contributed by atoms with Gasteiger partial charge in [-0.2, -0.15) is 0 Å². The summed E-state index contributed by atoms with van der Waals surface area (Å²) in [5.74, 6) is 1.38. The number of hydrogen-bond donors (Lipinski definition) is 1. The van der Waals surface area contributed by atoms with Crippen molar-refractivity contribution in [1.29, 1.82) is 0 Å². The fraction of sp³-hybridized carbons (Fsp3) is 0.900. The van der Waals surface area contributed by atoms with Crippen LogP contribution in [-0.2, 0) is 4.74 Å². The molecule has 0 amide bonds. The predicted molar refractivity (Wildman–Crippen MR) is 86.0 cm³/mol. The van der Waals surface area contributed by atoms with Crippen LogP contribution in [0.2, 0.25) is 0 Å². The summed E-state index contributed by atoms with van der Waals surface area (Å²) >= 11 is 0. The molecule has 0 aromatic carbocycles. The Bertz CT molecular complexity index is 586. The van der Waals surface area contributed by atoms with Gasteiger partial charge in [-0.05, 0) is 61.2 Å². The largest absolute Gasteiger partial charge is 0.365 e. The lowest BCUT2D eigenvalue weighted by Gasteiger charge is -2.68. The topological polar surface area (TPSA) is 29.5 Å². The molecule has 5 fully saturated rings. The highest BCUT2D eigenvalue weighted by molar-refractivity contribution is 5.39. The van der Waals surface area contributed by atoms with E-state index in [1.807, 2.05) is 0 Å². The van der Waals surface area contributed by atoms with E-state index in [1.54, 1.807) is 0 Å². The Labute approximate surface area is 134 Å².